The first-order chi connectivity index (χ1) is 4.46. The summed E-state index contributed by atoms with van der Waals surface area (Å²) < 4.78 is 0. The Balaban J connectivity index is 0. The van der Waals surface area contributed by atoms with Crippen molar-refractivity contribution in [3.8, 4) is 0 Å². The van der Waals surface area contributed by atoms with Crippen LogP contribution in [0.25, 0.3) is 0 Å². The van der Waals surface area contributed by atoms with Gasteiger partial charge in [0.15, 0.2) is 6.10 Å². The van der Waals surface area contributed by atoms with E-state index < -0.39 is 24.1 Å². The van der Waals surface area contributed by atoms with Gasteiger partial charge in [0, 0.05) is 0 Å². The molecule has 0 spiro atoms. The van der Waals surface area contributed by atoms with Gasteiger partial charge in [0.2, 0.25) is 0 Å². The molecule has 0 saturated heterocycles. The SMILES string of the molecule is O=C([O-])C(O)C(O)C(=O)O.[Cu+]. The maximum atomic E-state index is 9.74. The van der Waals surface area contributed by atoms with Crippen LogP contribution >= 0.6 is 0 Å². The normalized spacial score (nSPS) is 14.4. The van der Waals surface area contributed by atoms with Gasteiger partial charge in [-0.3, -0.25) is 0 Å². The van der Waals surface area contributed by atoms with Crippen LogP contribution in [-0.2, 0) is 26.7 Å². The van der Waals surface area contributed by atoms with E-state index in [9.17, 15) is 14.7 Å². The van der Waals surface area contributed by atoms with Gasteiger partial charge in [-0.15, -0.1) is 0 Å². The van der Waals surface area contributed by atoms with E-state index in [1.807, 2.05) is 0 Å². The maximum Gasteiger partial charge on any atom is 1.00 e. The first-order valence-corrected chi connectivity index (χ1v) is 2.26. The third-order valence-electron chi connectivity index (χ3n) is 0.794. The Kier molecular flexibility index (Phi) is 6.01. The summed E-state index contributed by atoms with van der Waals surface area (Å²) in [4.78, 5) is 19.4. The molecule has 0 aromatic heterocycles. The number of hydrogen-bond donors (Lipinski definition) is 3. The molecule has 0 amide bonds. The Morgan fingerprint density at radius 3 is 1.64 bits per heavy atom. The quantitative estimate of drug-likeness (QED) is 0.419. The average molecular weight is 213 g/mol. The zero-order valence-electron chi connectivity index (χ0n) is 5.02. The third kappa shape index (κ3) is 3.94. The van der Waals surface area contributed by atoms with Gasteiger partial charge >= 0.3 is 23.0 Å². The summed E-state index contributed by atoms with van der Waals surface area (Å²) in [6.07, 6.45) is -4.71. The summed E-state index contributed by atoms with van der Waals surface area (Å²) in [6.45, 7) is 0. The van der Waals surface area contributed by atoms with Gasteiger partial charge in [0.25, 0.3) is 0 Å². The second-order valence-electron chi connectivity index (χ2n) is 1.55. The summed E-state index contributed by atoms with van der Waals surface area (Å²) in [6, 6.07) is 0. The minimum absolute atomic E-state index is 0. The number of aliphatic carboxylic acids is 2. The van der Waals surface area contributed by atoms with E-state index in [0.29, 0.717) is 0 Å². The minimum atomic E-state index is -2.38. The number of carbonyl (C=O) groups excluding carboxylic acids is 1. The van der Waals surface area contributed by atoms with Gasteiger partial charge in [-0.25, -0.2) is 4.79 Å². The first-order valence-electron chi connectivity index (χ1n) is 2.26. The van der Waals surface area contributed by atoms with Crippen LogP contribution < -0.4 is 5.11 Å². The van der Waals surface area contributed by atoms with Gasteiger partial charge < -0.3 is 25.2 Å². The summed E-state index contributed by atoms with van der Waals surface area (Å²) >= 11 is 0. The molecule has 7 heteroatoms. The molecule has 0 heterocycles. The number of carbonyl (C=O) groups is 2. The van der Waals surface area contributed by atoms with E-state index in [1.165, 1.54) is 0 Å². The van der Waals surface area contributed by atoms with E-state index in [-0.39, 0.29) is 17.1 Å². The number of aliphatic hydroxyl groups excluding tert-OH is 2. The fraction of sp³-hybridized carbons (Fsp3) is 0.500. The molecule has 0 radical (unpaired) electrons. The van der Waals surface area contributed by atoms with Crippen molar-refractivity contribution in [2.24, 2.45) is 0 Å². The molecule has 0 aromatic carbocycles. The van der Waals surface area contributed by atoms with Crippen LogP contribution in [0.15, 0.2) is 0 Å². The Morgan fingerprint density at radius 2 is 1.55 bits per heavy atom. The molecule has 0 fully saturated rings. The summed E-state index contributed by atoms with van der Waals surface area (Å²) in [5, 5.41) is 34.1. The molecule has 2 atom stereocenters. The van der Waals surface area contributed by atoms with Crippen LogP contribution in [0, 0.1) is 0 Å². The summed E-state index contributed by atoms with van der Waals surface area (Å²) in [5.74, 6) is -3.83. The Bertz CT molecular complexity index is 139. The van der Waals surface area contributed by atoms with E-state index in [0.717, 1.165) is 0 Å². The molecule has 2 unspecified atom stereocenters. The predicted molar refractivity (Wildman–Crippen MR) is 24.7 cm³/mol. The van der Waals surface area contributed by atoms with Crippen molar-refractivity contribution >= 4 is 11.9 Å². The fourth-order valence-corrected chi connectivity index (χ4v) is 0.264. The van der Waals surface area contributed by atoms with Crippen molar-refractivity contribution in [1.82, 2.24) is 0 Å². The molecule has 0 rings (SSSR count). The van der Waals surface area contributed by atoms with Crippen molar-refractivity contribution in [2.45, 2.75) is 12.2 Å². The largest absolute Gasteiger partial charge is 1.00 e. The van der Waals surface area contributed by atoms with Crippen LogP contribution in [0.3, 0.4) is 0 Å². The molecule has 3 N–H and O–H groups in total. The Morgan fingerprint density at radius 1 is 1.18 bits per heavy atom. The van der Waals surface area contributed by atoms with Crippen molar-refractivity contribution in [2.75, 3.05) is 0 Å². The summed E-state index contributed by atoms with van der Waals surface area (Å²) in [7, 11) is 0. The van der Waals surface area contributed by atoms with Crippen molar-refractivity contribution in [3.63, 3.8) is 0 Å². The van der Waals surface area contributed by atoms with Crippen LogP contribution in [0.4, 0.5) is 0 Å². The monoisotopic (exact) mass is 212 g/mol. The standard InChI is InChI=1S/C4H6O6.Cu/c5-1(3(7)8)2(6)4(9)10;/h1-2,5-6H,(H,7,8)(H,9,10);/q;+1/p-1. The molecule has 6 nitrogen and oxygen atoms in total. The van der Waals surface area contributed by atoms with Crippen molar-refractivity contribution in [3.05, 3.63) is 0 Å². The smallest absolute Gasteiger partial charge is 0.547 e. The Hall–Kier alpha value is -0.621. The molecule has 0 bridgehead atoms. The second-order valence-corrected chi connectivity index (χ2v) is 1.55. The number of carboxylic acids is 2. The van der Waals surface area contributed by atoms with Gasteiger partial charge in [0.05, 0.1) is 5.97 Å². The average Bonchev–Trinajstić information content (AvgIpc) is 1.84. The molecule has 11 heavy (non-hydrogen) atoms. The second kappa shape index (κ2) is 5.09. The van der Waals surface area contributed by atoms with E-state index in [4.69, 9.17) is 15.3 Å². The molecule has 0 aliphatic rings. The van der Waals surface area contributed by atoms with Crippen molar-refractivity contribution < 1.29 is 47.1 Å². The molecular formula is C4H5CuO6. The number of hydrogen-bond acceptors (Lipinski definition) is 5. The van der Waals surface area contributed by atoms with Gasteiger partial charge in [0.1, 0.15) is 6.10 Å². The van der Waals surface area contributed by atoms with Crippen LogP contribution in [0.2, 0.25) is 0 Å². The van der Waals surface area contributed by atoms with Crippen molar-refractivity contribution in [1.29, 1.82) is 0 Å². The minimum Gasteiger partial charge on any atom is -0.547 e. The van der Waals surface area contributed by atoms with E-state index in [1.54, 1.807) is 0 Å². The first kappa shape index (κ1) is 13.0. The Labute approximate surface area is 71.9 Å². The van der Waals surface area contributed by atoms with Gasteiger partial charge in [-0.2, -0.15) is 0 Å². The molecule has 68 valence electrons. The number of aliphatic hydroxyl groups is 2. The summed E-state index contributed by atoms with van der Waals surface area (Å²) in [5.41, 5.74) is 0. The number of rotatable bonds is 3. The zero-order valence-corrected chi connectivity index (χ0v) is 5.96. The molecule has 0 aromatic rings. The van der Waals surface area contributed by atoms with E-state index in [2.05, 4.69) is 0 Å². The third-order valence-corrected chi connectivity index (χ3v) is 0.794. The maximum absolute atomic E-state index is 9.74. The topological polar surface area (TPSA) is 118 Å². The zero-order chi connectivity index (χ0) is 8.31. The van der Waals surface area contributed by atoms with Gasteiger partial charge in [-0.05, 0) is 0 Å². The molecule has 0 aliphatic heterocycles. The van der Waals surface area contributed by atoms with Crippen LogP contribution in [0.1, 0.15) is 0 Å². The molecular weight excluding hydrogens is 208 g/mol. The fourth-order valence-electron chi connectivity index (χ4n) is 0.264. The van der Waals surface area contributed by atoms with Crippen LogP contribution in [0.5, 0.6) is 0 Å². The van der Waals surface area contributed by atoms with E-state index >= 15 is 0 Å². The van der Waals surface area contributed by atoms with Crippen LogP contribution in [-0.4, -0.2) is 39.5 Å². The molecule has 0 aliphatic carbocycles. The molecule has 0 saturated carbocycles. The predicted octanol–water partition coefficient (Wildman–Crippen LogP) is -3.46. The van der Waals surface area contributed by atoms with Gasteiger partial charge in [-0.1, -0.05) is 0 Å². The number of carboxylic acid groups (broad SMARTS) is 2.